The van der Waals surface area contributed by atoms with E-state index >= 15 is 0 Å². The first-order chi connectivity index (χ1) is 17.7. The van der Waals surface area contributed by atoms with E-state index in [0.717, 1.165) is 22.2 Å². The number of halogens is 2. The molecule has 0 radical (unpaired) electrons. The predicted molar refractivity (Wildman–Crippen MR) is 151 cm³/mol. The number of carbonyl (C=O) groups excluding carboxylic acids is 3. The molecule has 1 aliphatic heterocycles. The molecule has 37 heavy (non-hydrogen) atoms. The van der Waals surface area contributed by atoms with Gasteiger partial charge in [0.15, 0.2) is 11.5 Å². The van der Waals surface area contributed by atoms with E-state index < -0.39 is 11.9 Å². The number of aryl methyl sites for hydroxylation is 1. The minimum absolute atomic E-state index is 0.135. The summed E-state index contributed by atoms with van der Waals surface area (Å²) in [5.41, 5.74) is 2.07. The van der Waals surface area contributed by atoms with Gasteiger partial charge >= 0.3 is 5.97 Å². The van der Waals surface area contributed by atoms with E-state index in [2.05, 4.69) is 0 Å². The number of amides is 2. The molecule has 10 heteroatoms. The number of nitrogens with zero attached hydrogens (tertiary/aromatic N) is 1. The topological polar surface area (TPSA) is 82.1 Å². The largest absolute Gasteiger partial charge is 0.493 e. The first-order valence-corrected chi connectivity index (χ1v) is 13.3. The zero-order valence-electron chi connectivity index (χ0n) is 19.8. The molecule has 0 spiro atoms. The maximum absolute atomic E-state index is 12.9. The summed E-state index contributed by atoms with van der Waals surface area (Å²) in [4.78, 5) is 39.4. The molecule has 2 amide bonds. The Balaban J connectivity index is 1.46. The summed E-state index contributed by atoms with van der Waals surface area (Å²) in [7, 11) is 1.46. The number of thioether (sulfide) groups is 1. The van der Waals surface area contributed by atoms with Crippen LogP contribution in [0.2, 0.25) is 5.02 Å². The molecular weight excluding hydrogens is 629 g/mol. The van der Waals surface area contributed by atoms with Crippen molar-refractivity contribution in [2.45, 2.75) is 6.92 Å². The van der Waals surface area contributed by atoms with Crippen LogP contribution < -0.4 is 14.2 Å². The van der Waals surface area contributed by atoms with E-state index in [1.165, 1.54) is 7.11 Å². The number of ether oxygens (including phenoxy) is 3. The Morgan fingerprint density at radius 3 is 2.46 bits per heavy atom. The number of hydrogen-bond donors (Lipinski definition) is 0. The molecule has 0 aromatic heterocycles. The van der Waals surface area contributed by atoms with Crippen molar-refractivity contribution in [1.82, 2.24) is 4.90 Å². The average molecular weight is 650 g/mol. The van der Waals surface area contributed by atoms with Crippen LogP contribution in [0, 0.1) is 10.5 Å². The van der Waals surface area contributed by atoms with E-state index in [0.29, 0.717) is 31.2 Å². The number of benzene rings is 3. The van der Waals surface area contributed by atoms with Gasteiger partial charge < -0.3 is 14.2 Å². The molecule has 7 nitrogen and oxygen atoms in total. The number of esters is 1. The first kappa shape index (κ1) is 27.0. The van der Waals surface area contributed by atoms with Crippen molar-refractivity contribution >= 4 is 69.1 Å². The fourth-order valence-electron chi connectivity index (χ4n) is 3.39. The van der Waals surface area contributed by atoms with E-state index in [-0.39, 0.29) is 29.0 Å². The van der Waals surface area contributed by atoms with Gasteiger partial charge in [-0.2, -0.15) is 0 Å². The molecule has 1 aliphatic rings. The van der Waals surface area contributed by atoms with Crippen LogP contribution in [0.5, 0.6) is 17.2 Å². The summed E-state index contributed by atoms with van der Waals surface area (Å²) in [6.07, 6.45) is 1.61. The SMILES string of the molecule is COc1cc(/C=C2\SC(=O)N(CCOc3ccc(C)cc3)C2=O)cc(I)c1OC(=O)c1ccc(Cl)cc1. The second kappa shape index (κ2) is 12.0. The van der Waals surface area contributed by atoms with Crippen LogP contribution >= 0.6 is 46.0 Å². The van der Waals surface area contributed by atoms with Crippen molar-refractivity contribution in [3.63, 3.8) is 0 Å². The van der Waals surface area contributed by atoms with Crippen LogP contribution in [0.15, 0.2) is 65.6 Å². The van der Waals surface area contributed by atoms with Crippen LogP contribution in [-0.4, -0.2) is 42.3 Å². The van der Waals surface area contributed by atoms with Gasteiger partial charge in [-0.3, -0.25) is 14.5 Å². The third kappa shape index (κ3) is 6.65. The van der Waals surface area contributed by atoms with Crippen molar-refractivity contribution in [2.75, 3.05) is 20.3 Å². The van der Waals surface area contributed by atoms with Crippen LogP contribution in [-0.2, 0) is 4.79 Å². The molecule has 190 valence electrons. The zero-order chi connectivity index (χ0) is 26.5. The summed E-state index contributed by atoms with van der Waals surface area (Å²) in [6, 6.07) is 17.3. The van der Waals surface area contributed by atoms with E-state index in [1.807, 2.05) is 53.8 Å². The van der Waals surface area contributed by atoms with Crippen LogP contribution in [0.3, 0.4) is 0 Å². The highest BCUT2D eigenvalue weighted by atomic mass is 127. The van der Waals surface area contributed by atoms with Crippen LogP contribution in [0.1, 0.15) is 21.5 Å². The average Bonchev–Trinajstić information content (AvgIpc) is 3.14. The quantitative estimate of drug-likeness (QED) is 0.118. The van der Waals surface area contributed by atoms with Crippen molar-refractivity contribution < 1.29 is 28.6 Å². The van der Waals surface area contributed by atoms with Gasteiger partial charge in [-0.15, -0.1) is 0 Å². The predicted octanol–water partition coefficient (Wildman–Crippen LogP) is 6.60. The molecule has 0 unspecified atom stereocenters. The molecule has 1 heterocycles. The minimum Gasteiger partial charge on any atom is -0.493 e. The minimum atomic E-state index is -0.561. The van der Waals surface area contributed by atoms with Crippen molar-refractivity contribution in [2.24, 2.45) is 0 Å². The van der Waals surface area contributed by atoms with Gasteiger partial charge in [0.25, 0.3) is 11.1 Å². The summed E-state index contributed by atoms with van der Waals surface area (Å²) in [6.45, 7) is 2.30. The maximum atomic E-state index is 12.9. The Labute approximate surface area is 236 Å². The third-order valence-electron chi connectivity index (χ3n) is 5.30. The number of carbonyl (C=O) groups is 3. The number of rotatable bonds is 8. The molecule has 3 aromatic carbocycles. The molecule has 1 saturated heterocycles. The summed E-state index contributed by atoms with van der Waals surface area (Å²) >= 11 is 8.77. The lowest BCUT2D eigenvalue weighted by Crippen LogP contribution is -2.32. The summed E-state index contributed by atoms with van der Waals surface area (Å²) < 4.78 is 17.3. The lowest BCUT2D eigenvalue weighted by Gasteiger charge is -2.13. The zero-order valence-corrected chi connectivity index (χ0v) is 23.6. The van der Waals surface area contributed by atoms with Crippen LogP contribution in [0.25, 0.3) is 6.08 Å². The molecule has 3 aromatic rings. The number of hydrogen-bond acceptors (Lipinski definition) is 7. The molecule has 0 bridgehead atoms. The molecule has 0 N–H and O–H groups in total. The monoisotopic (exact) mass is 649 g/mol. The van der Waals surface area contributed by atoms with Gasteiger partial charge in [-0.05, 0) is 101 Å². The Morgan fingerprint density at radius 1 is 1.08 bits per heavy atom. The fraction of sp³-hybridized carbons (Fsp3) is 0.148. The molecule has 0 atom stereocenters. The van der Waals surface area contributed by atoms with Crippen LogP contribution in [0.4, 0.5) is 4.79 Å². The molecule has 0 aliphatic carbocycles. The Hall–Kier alpha value is -3.02. The second-order valence-electron chi connectivity index (χ2n) is 7.93. The van der Waals surface area contributed by atoms with Crippen molar-refractivity contribution in [3.05, 3.63) is 90.9 Å². The van der Waals surface area contributed by atoms with Gasteiger partial charge in [0.1, 0.15) is 12.4 Å². The van der Waals surface area contributed by atoms with Gasteiger partial charge in [0, 0.05) is 5.02 Å². The molecule has 4 rings (SSSR count). The highest BCUT2D eigenvalue weighted by molar-refractivity contribution is 14.1. The van der Waals surface area contributed by atoms with E-state index in [4.69, 9.17) is 25.8 Å². The Kier molecular flexibility index (Phi) is 8.78. The molecule has 1 fully saturated rings. The van der Waals surface area contributed by atoms with E-state index in [9.17, 15) is 14.4 Å². The summed E-state index contributed by atoms with van der Waals surface area (Å²) in [5, 5.41) is 0.148. The Morgan fingerprint density at radius 2 is 1.78 bits per heavy atom. The van der Waals surface area contributed by atoms with Gasteiger partial charge in [-0.25, -0.2) is 4.79 Å². The second-order valence-corrected chi connectivity index (χ2v) is 10.5. The highest BCUT2D eigenvalue weighted by Gasteiger charge is 2.35. The van der Waals surface area contributed by atoms with Gasteiger partial charge in [0.2, 0.25) is 0 Å². The maximum Gasteiger partial charge on any atom is 0.343 e. The lowest BCUT2D eigenvalue weighted by molar-refractivity contribution is -0.123. The smallest absolute Gasteiger partial charge is 0.343 e. The molecular formula is C27H21ClINO6S. The summed E-state index contributed by atoms with van der Waals surface area (Å²) in [5.74, 6) is 0.281. The van der Waals surface area contributed by atoms with Crippen molar-refractivity contribution in [3.8, 4) is 17.2 Å². The third-order valence-corrected chi connectivity index (χ3v) is 7.26. The van der Waals surface area contributed by atoms with Gasteiger partial charge in [-0.1, -0.05) is 29.3 Å². The standard InChI is InChI=1S/C27H21ClINO6S/c1-16-3-9-20(10-4-16)35-12-11-30-25(31)23(37-27(30)33)15-17-13-21(29)24(22(14-17)34-2)36-26(32)18-5-7-19(28)8-6-18/h3-10,13-15H,11-12H2,1-2H3/b23-15-. The Bertz CT molecular complexity index is 1370. The van der Waals surface area contributed by atoms with Crippen molar-refractivity contribution in [1.29, 1.82) is 0 Å². The fourth-order valence-corrected chi connectivity index (χ4v) is 5.12. The number of methoxy groups -OCH3 is 1. The first-order valence-electron chi connectivity index (χ1n) is 11.1. The van der Waals surface area contributed by atoms with E-state index in [1.54, 1.807) is 42.5 Å². The lowest BCUT2D eigenvalue weighted by atomic mass is 10.1. The highest BCUT2D eigenvalue weighted by Crippen LogP contribution is 2.37. The number of imide groups is 1. The van der Waals surface area contributed by atoms with Gasteiger partial charge in [0.05, 0.1) is 27.7 Å². The molecule has 0 saturated carbocycles. The normalized spacial score (nSPS) is 14.3.